The van der Waals surface area contributed by atoms with Crippen molar-refractivity contribution in [3.8, 4) is 0 Å². The van der Waals surface area contributed by atoms with Gasteiger partial charge in [0.05, 0.1) is 11.9 Å². The first-order chi connectivity index (χ1) is 8.24. The maximum Gasteiger partial charge on any atom is 0.0807 e. The van der Waals surface area contributed by atoms with Crippen LogP contribution < -0.4 is 0 Å². The summed E-state index contributed by atoms with van der Waals surface area (Å²) in [5.74, 6) is 1.10. The fourth-order valence-electron chi connectivity index (χ4n) is 1.25. The van der Waals surface area contributed by atoms with Crippen LogP contribution >= 0.6 is 11.9 Å². The second-order valence-corrected chi connectivity index (χ2v) is 5.20. The summed E-state index contributed by atoms with van der Waals surface area (Å²) in [7, 11) is 0. The van der Waals surface area contributed by atoms with Crippen molar-refractivity contribution in [2.24, 2.45) is 0 Å². The zero-order chi connectivity index (χ0) is 12.9. The number of nitrogens with zero attached hydrogens (tertiary/aromatic N) is 3. The zero-order valence-electron chi connectivity index (χ0n) is 11.8. The lowest BCUT2D eigenvalue weighted by atomic mass is 10.2. The second-order valence-electron chi connectivity index (χ2n) is 4.16. The van der Waals surface area contributed by atoms with Crippen molar-refractivity contribution in [2.75, 3.05) is 5.75 Å². The van der Waals surface area contributed by atoms with Gasteiger partial charge in [-0.2, -0.15) is 4.09 Å². The summed E-state index contributed by atoms with van der Waals surface area (Å²) < 4.78 is 1.80. The van der Waals surface area contributed by atoms with Crippen molar-refractivity contribution in [1.82, 2.24) is 14.4 Å². The highest BCUT2D eigenvalue weighted by atomic mass is 32.2. The number of aryl methyl sites for hydroxylation is 1. The lowest BCUT2D eigenvalue weighted by Crippen LogP contribution is -1.88. The fourth-order valence-corrected chi connectivity index (χ4v) is 1.94. The van der Waals surface area contributed by atoms with E-state index in [1.54, 1.807) is 16.0 Å². The minimum absolute atomic E-state index is 0.976. The summed E-state index contributed by atoms with van der Waals surface area (Å²) in [6.07, 6.45) is 10.1. The molecule has 0 spiro atoms. The van der Waals surface area contributed by atoms with Gasteiger partial charge in [-0.25, -0.2) is 0 Å². The average molecular weight is 257 g/mol. The molecule has 0 saturated carbocycles. The van der Waals surface area contributed by atoms with E-state index in [4.69, 9.17) is 0 Å². The van der Waals surface area contributed by atoms with Crippen molar-refractivity contribution < 1.29 is 0 Å². The number of hydrogen-bond acceptors (Lipinski definition) is 3. The van der Waals surface area contributed by atoms with Gasteiger partial charge in [-0.1, -0.05) is 58.1 Å². The van der Waals surface area contributed by atoms with E-state index in [9.17, 15) is 0 Å². The molecule has 0 saturated heterocycles. The van der Waals surface area contributed by atoms with Crippen LogP contribution in [0.4, 0.5) is 0 Å². The van der Waals surface area contributed by atoms with Gasteiger partial charge < -0.3 is 0 Å². The molecule has 0 bridgehead atoms. The molecule has 0 amide bonds. The Hall–Kier alpha value is -0.510. The minimum atomic E-state index is 0.976. The first kappa shape index (κ1) is 16.5. The van der Waals surface area contributed by atoms with Crippen LogP contribution in [0, 0.1) is 6.92 Å². The van der Waals surface area contributed by atoms with Gasteiger partial charge in [0, 0.05) is 5.75 Å². The molecule has 0 aliphatic heterocycles. The lowest BCUT2D eigenvalue weighted by Gasteiger charge is -1.93. The maximum atomic E-state index is 3.88. The summed E-state index contributed by atoms with van der Waals surface area (Å²) in [5, 5.41) is 7.74. The van der Waals surface area contributed by atoms with Crippen molar-refractivity contribution in [2.45, 2.75) is 66.2 Å². The smallest absolute Gasteiger partial charge is 0.0807 e. The Labute approximate surface area is 111 Å². The van der Waals surface area contributed by atoms with Crippen LogP contribution in [0.25, 0.3) is 0 Å². The Morgan fingerprint density at radius 1 is 1.06 bits per heavy atom. The highest BCUT2D eigenvalue weighted by molar-refractivity contribution is 7.97. The fraction of sp³-hybridized carbons (Fsp3) is 0.846. The Bertz CT molecular complexity index is 257. The standard InChI is InChI=1S/C7H16.C6H11N3S/c1-3-5-7-6-4-2;1-3-4-10-9-5-6(2)7-8-9/h3-7H2,1-2H3;5H,3-4H2,1-2H3. The van der Waals surface area contributed by atoms with E-state index in [1.165, 1.54) is 38.5 Å². The maximum absolute atomic E-state index is 3.88. The molecule has 4 heteroatoms. The van der Waals surface area contributed by atoms with Gasteiger partial charge in [0.15, 0.2) is 0 Å². The normalized spacial score (nSPS) is 9.88. The number of rotatable bonds is 7. The lowest BCUT2D eigenvalue weighted by molar-refractivity contribution is 0.656. The summed E-state index contributed by atoms with van der Waals surface area (Å²) in [5.41, 5.74) is 0.976. The molecule has 100 valence electrons. The highest BCUT2D eigenvalue weighted by Gasteiger charge is 1.93. The van der Waals surface area contributed by atoms with E-state index in [0.29, 0.717) is 0 Å². The summed E-state index contributed by atoms with van der Waals surface area (Å²) >= 11 is 1.68. The van der Waals surface area contributed by atoms with Crippen LogP contribution in [0.2, 0.25) is 0 Å². The van der Waals surface area contributed by atoms with Crippen LogP contribution in [0.1, 0.15) is 65.0 Å². The molecular formula is C13H27N3S. The number of aromatic nitrogens is 3. The number of unbranched alkanes of at least 4 members (excludes halogenated alkanes) is 4. The molecule has 0 fully saturated rings. The zero-order valence-corrected chi connectivity index (χ0v) is 12.6. The molecule has 0 aliphatic rings. The average Bonchev–Trinajstić information content (AvgIpc) is 2.74. The van der Waals surface area contributed by atoms with Gasteiger partial charge in [-0.15, -0.1) is 5.10 Å². The van der Waals surface area contributed by atoms with E-state index in [1.807, 2.05) is 13.1 Å². The molecule has 0 N–H and O–H groups in total. The molecule has 0 radical (unpaired) electrons. The number of hydrogen-bond donors (Lipinski definition) is 0. The van der Waals surface area contributed by atoms with E-state index in [-0.39, 0.29) is 0 Å². The molecule has 3 nitrogen and oxygen atoms in total. The van der Waals surface area contributed by atoms with Crippen LogP contribution in [0.5, 0.6) is 0 Å². The molecule has 0 aliphatic carbocycles. The molecule has 0 aromatic carbocycles. The second kappa shape index (κ2) is 12.0. The quantitative estimate of drug-likeness (QED) is 0.675. The third-order valence-electron chi connectivity index (χ3n) is 2.22. The Morgan fingerprint density at radius 2 is 1.71 bits per heavy atom. The molecule has 1 heterocycles. The monoisotopic (exact) mass is 257 g/mol. The molecule has 0 atom stereocenters. The van der Waals surface area contributed by atoms with E-state index < -0.39 is 0 Å². The van der Waals surface area contributed by atoms with Gasteiger partial charge >= 0.3 is 0 Å². The summed E-state index contributed by atoms with van der Waals surface area (Å²) in [6.45, 7) is 8.58. The molecular weight excluding hydrogens is 230 g/mol. The van der Waals surface area contributed by atoms with Crippen molar-refractivity contribution in [1.29, 1.82) is 0 Å². The summed E-state index contributed by atoms with van der Waals surface area (Å²) in [6, 6.07) is 0. The molecule has 0 unspecified atom stereocenters. The van der Waals surface area contributed by atoms with Gasteiger partial charge in [0.1, 0.15) is 0 Å². The van der Waals surface area contributed by atoms with Crippen LogP contribution in [-0.2, 0) is 0 Å². The largest absolute Gasteiger partial charge is 0.194 e. The molecule has 1 aromatic heterocycles. The van der Waals surface area contributed by atoms with E-state index in [2.05, 4.69) is 31.1 Å². The molecule has 1 rings (SSSR count). The third kappa shape index (κ3) is 10.4. The van der Waals surface area contributed by atoms with Crippen molar-refractivity contribution in [3.63, 3.8) is 0 Å². The topological polar surface area (TPSA) is 30.7 Å². The molecule has 1 aromatic rings. The van der Waals surface area contributed by atoms with Gasteiger partial charge in [-0.3, -0.25) is 0 Å². The Balaban J connectivity index is 0.000000325. The van der Waals surface area contributed by atoms with E-state index >= 15 is 0 Å². The Kier molecular flexibility index (Phi) is 11.6. The van der Waals surface area contributed by atoms with Gasteiger partial charge in [0.25, 0.3) is 0 Å². The van der Waals surface area contributed by atoms with E-state index in [0.717, 1.165) is 11.4 Å². The van der Waals surface area contributed by atoms with Crippen molar-refractivity contribution in [3.05, 3.63) is 11.9 Å². The predicted molar refractivity (Wildman–Crippen MR) is 77.3 cm³/mol. The van der Waals surface area contributed by atoms with Gasteiger partial charge in [0.2, 0.25) is 0 Å². The SMILES string of the molecule is CCCCCCC.CCCSn1cc(C)nn1. The van der Waals surface area contributed by atoms with Crippen LogP contribution in [0.15, 0.2) is 6.20 Å². The Morgan fingerprint density at radius 3 is 2.12 bits per heavy atom. The van der Waals surface area contributed by atoms with Crippen LogP contribution in [-0.4, -0.2) is 20.2 Å². The predicted octanol–water partition coefficient (Wildman–Crippen LogP) is 4.47. The highest BCUT2D eigenvalue weighted by Crippen LogP contribution is 2.04. The molecule has 17 heavy (non-hydrogen) atoms. The summed E-state index contributed by atoms with van der Waals surface area (Å²) in [4.78, 5) is 0. The minimum Gasteiger partial charge on any atom is -0.194 e. The van der Waals surface area contributed by atoms with Gasteiger partial charge in [-0.05, 0) is 25.3 Å². The first-order valence-corrected chi connectivity index (χ1v) is 7.71. The van der Waals surface area contributed by atoms with Crippen LogP contribution in [0.3, 0.4) is 0 Å². The van der Waals surface area contributed by atoms with Crippen molar-refractivity contribution >= 4 is 11.9 Å². The third-order valence-corrected chi connectivity index (χ3v) is 3.26. The first-order valence-electron chi connectivity index (χ1n) is 6.76.